The zero-order valence-electron chi connectivity index (χ0n) is 16.1. The van der Waals surface area contributed by atoms with E-state index >= 15 is 0 Å². The summed E-state index contributed by atoms with van der Waals surface area (Å²) in [7, 11) is 1.72. The second-order valence-corrected chi connectivity index (χ2v) is 7.56. The second kappa shape index (κ2) is 6.78. The number of nitriles is 1. The molecule has 1 fully saturated rings. The Labute approximate surface area is 167 Å². The van der Waals surface area contributed by atoms with E-state index in [0.717, 1.165) is 53.6 Å². The minimum Gasteiger partial charge on any atom is -0.443 e. The van der Waals surface area contributed by atoms with Gasteiger partial charge in [-0.3, -0.25) is 4.79 Å². The number of nitrogens with zero attached hydrogens (tertiary/aromatic N) is 4. The van der Waals surface area contributed by atoms with Crippen molar-refractivity contribution in [2.45, 2.75) is 18.8 Å². The van der Waals surface area contributed by atoms with Gasteiger partial charge >= 0.3 is 0 Å². The first-order chi connectivity index (χ1) is 14.2. The van der Waals surface area contributed by atoms with Crippen LogP contribution in [0.3, 0.4) is 0 Å². The van der Waals surface area contributed by atoms with Crippen LogP contribution in [0.2, 0.25) is 0 Å². The van der Waals surface area contributed by atoms with Gasteiger partial charge in [0, 0.05) is 25.5 Å². The maximum Gasteiger partial charge on any atom is 0.270 e. The van der Waals surface area contributed by atoms with Crippen molar-refractivity contribution in [1.82, 2.24) is 9.55 Å². The molecule has 0 unspecified atom stereocenters. The van der Waals surface area contributed by atoms with E-state index in [9.17, 15) is 10.1 Å². The predicted molar refractivity (Wildman–Crippen MR) is 112 cm³/mol. The molecule has 1 aliphatic heterocycles. The van der Waals surface area contributed by atoms with Crippen LogP contribution < -0.4 is 10.5 Å². The fraction of sp³-hybridized carbons (Fsp3) is 0.261. The van der Waals surface area contributed by atoms with Crippen molar-refractivity contribution < 1.29 is 4.42 Å². The third kappa shape index (κ3) is 2.78. The third-order valence-electron chi connectivity index (χ3n) is 6.02. The highest BCUT2D eigenvalue weighted by Crippen LogP contribution is 2.35. The number of piperidine rings is 1. The highest BCUT2D eigenvalue weighted by Gasteiger charge is 2.26. The van der Waals surface area contributed by atoms with Gasteiger partial charge in [-0.15, -0.1) is 0 Å². The molecule has 6 heteroatoms. The molecule has 0 radical (unpaired) electrons. The maximum atomic E-state index is 12.8. The van der Waals surface area contributed by atoms with Crippen molar-refractivity contribution in [2.75, 3.05) is 18.0 Å². The Morgan fingerprint density at radius 3 is 2.76 bits per heavy atom. The number of hydrogen-bond acceptors (Lipinski definition) is 5. The molecule has 1 saturated heterocycles. The highest BCUT2D eigenvalue weighted by atomic mass is 16.3. The summed E-state index contributed by atoms with van der Waals surface area (Å²) < 4.78 is 6.91. The Balaban J connectivity index is 1.49. The maximum absolute atomic E-state index is 12.8. The van der Waals surface area contributed by atoms with Crippen LogP contribution in [0.25, 0.3) is 22.0 Å². The SMILES string of the molecule is Cn1c(=O)c(C#N)c(N2CCC(c3ccc4ocnc4c3)CC2)c2ccccc21. The Morgan fingerprint density at radius 1 is 1.17 bits per heavy atom. The molecule has 3 heterocycles. The van der Waals surface area contributed by atoms with E-state index in [-0.39, 0.29) is 11.1 Å². The lowest BCUT2D eigenvalue weighted by atomic mass is 9.88. The lowest BCUT2D eigenvalue weighted by molar-refractivity contribution is 0.506. The summed E-state index contributed by atoms with van der Waals surface area (Å²) in [6.07, 6.45) is 3.39. The molecule has 0 spiro atoms. The summed E-state index contributed by atoms with van der Waals surface area (Å²) in [4.78, 5) is 19.2. The Kier molecular flexibility index (Phi) is 4.09. The normalized spacial score (nSPS) is 15.1. The van der Waals surface area contributed by atoms with Gasteiger partial charge in [-0.1, -0.05) is 24.3 Å². The number of oxazole rings is 1. The molecule has 5 rings (SSSR count). The van der Waals surface area contributed by atoms with Crippen LogP contribution in [0, 0.1) is 11.3 Å². The van der Waals surface area contributed by atoms with Crippen LogP contribution in [0.4, 0.5) is 5.69 Å². The molecule has 0 atom stereocenters. The monoisotopic (exact) mass is 384 g/mol. The van der Waals surface area contributed by atoms with E-state index < -0.39 is 0 Å². The number of rotatable bonds is 2. The summed E-state index contributed by atoms with van der Waals surface area (Å²) in [5, 5.41) is 10.7. The number of benzene rings is 2. The van der Waals surface area contributed by atoms with Crippen LogP contribution in [0.1, 0.15) is 29.9 Å². The minimum atomic E-state index is -0.236. The minimum absolute atomic E-state index is 0.230. The van der Waals surface area contributed by atoms with Crippen molar-refractivity contribution in [3.05, 3.63) is 70.3 Å². The van der Waals surface area contributed by atoms with Crippen molar-refractivity contribution in [2.24, 2.45) is 7.05 Å². The lowest BCUT2D eigenvalue weighted by Crippen LogP contribution is -2.35. The third-order valence-corrected chi connectivity index (χ3v) is 6.02. The van der Waals surface area contributed by atoms with Gasteiger partial charge in [0.1, 0.15) is 17.1 Å². The van der Waals surface area contributed by atoms with Gasteiger partial charge in [0.15, 0.2) is 12.0 Å². The molecule has 0 saturated carbocycles. The molecular formula is C23H20N4O2. The van der Waals surface area contributed by atoms with Crippen molar-refractivity contribution in [3.63, 3.8) is 0 Å². The Bertz CT molecular complexity index is 1320. The number of pyridine rings is 1. The number of aryl methyl sites for hydroxylation is 1. The molecule has 0 bridgehead atoms. The first kappa shape index (κ1) is 17.5. The molecular weight excluding hydrogens is 364 g/mol. The van der Waals surface area contributed by atoms with Crippen LogP contribution in [0.5, 0.6) is 0 Å². The van der Waals surface area contributed by atoms with Gasteiger partial charge in [-0.05, 0) is 42.5 Å². The van der Waals surface area contributed by atoms with Crippen LogP contribution in [0.15, 0.2) is 58.1 Å². The fourth-order valence-corrected chi connectivity index (χ4v) is 4.47. The van der Waals surface area contributed by atoms with Gasteiger partial charge in [-0.2, -0.15) is 5.26 Å². The van der Waals surface area contributed by atoms with E-state index in [0.29, 0.717) is 5.92 Å². The molecule has 1 aliphatic rings. The predicted octanol–water partition coefficient (Wildman–Crippen LogP) is 3.94. The lowest BCUT2D eigenvalue weighted by Gasteiger charge is -2.35. The Morgan fingerprint density at radius 2 is 1.97 bits per heavy atom. The number of fused-ring (bicyclic) bond motifs is 2. The molecule has 29 heavy (non-hydrogen) atoms. The van der Waals surface area contributed by atoms with Gasteiger partial charge in [0.05, 0.1) is 11.2 Å². The van der Waals surface area contributed by atoms with Crippen LogP contribution in [-0.4, -0.2) is 22.6 Å². The van der Waals surface area contributed by atoms with Gasteiger partial charge < -0.3 is 13.9 Å². The highest BCUT2D eigenvalue weighted by molar-refractivity contribution is 5.95. The zero-order chi connectivity index (χ0) is 20.0. The molecule has 144 valence electrons. The molecule has 2 aromatic carbocycles. The molecule has 6 nitrogen and oxygen atoms in total. The van der Waals surface area contributed by atoms with Crippen LogP contribution >= 0.6 is 0 Å². The molecule has 4 aromatic rings. The molecule has 0 N–H and O–H groups in total. The molecule has 0 aliphatic carbocycles. The van der Waals surface area contributed by atoms with Gasteiger partial charge in [0.25, 0.3) is 5.56 Å². The topological polar surface area (TPSA) is 75.1 Å². The summed E-state index contributed by atoms with van der Waals surface area (Å²) in [5.74, 6) is 0.427. The molecule has 2 aromatic heterocycles. The second-order valence-electron chi connectivity index (χ2n) is 7.56. The summed E-state index contributed by atoms with van der Waals surface area (Å²) in [6, 6.07) is 16.2. The van der Waals surface area contributed by atoms with Crippen molar-refractivity contribution in [1.29, 1.82) is 5.26 Å². The average Bonchev–Trinajstić information content (AvgIpc) is 3.24. The Hall–Kier alpha value is -3.59. The first-order valence-corrected chi connectivity index (χ1v) is 9.77. The van der Waals surface area contributed by atoms with E-state index in [1.54, 1.807) is 11.6 Å². The quantitative estimate of drug-likeness (QED) is 0.523. The van der Waals surface area contributed by atoms with Crippen molar-refractivity contribution in [3.8, 4) is 6.07 Å². The zero-order valence-corrected chi connectivity index (χ0v) is 16.1. The van der Waals surface area contributed by atoms with E-state index in [4.69, 9.17) is 4.42 Å². The van der Waals surface area contributed by atoms with Crippen LogP contribution in [-0.2, 0) is 7.05 Å². The number of hydrogen-bond donors (Lipinski definition) is 0. The van der Waals surface area contributed by atoms with E-state index in [2.05, 4.69) is 28.1 Å². The summed E-state index contributed by atoms with van der Waals surface area (Å²) in [6.45, 7) is 1.60. The molecule has 0 amide bonds. The average molecular weight is 384 g/mol. The standard InChI is InChI=1S/C23H20N4O2/c1-26-20-5-3-2-4-17(20)22(18(13-24)23(26)28)27-10-8-15(9-11-27)16-6-7-21-19(12-16)25-14-29-21/h2-7,12,14-15H,8-11H2,1H3. The summed E-state index contributed by atoms with van der Waals surface area (Å²) >= 11 is 0. The summed E-state index contributed by atoms with van der Waals surface area (Å²) in [5.41, 5.74) is 4.57. The van der Waals surface area contributed by atoms with E-state index in [1.807, 2.05) is 30.3 Å². The van der Waals surface area contributed by atoms with E-state index in [1.165, 1.54) is 12.0 Å². The van der Waals surface area contributed by atoms with Crippen molar-refractivity contribution >= 4 is 27.7 Å². The number of aromatic nitrogens is 2. The van der Waals surface area contributed by atoms with Gasteiger partial charge in [-0.25, -0.2) is 4.98 Å². The smallest absolute Gasteiger partial charge is 0.270 e. The number of para-hydroxylation sites is 1. The first-order valence-electron chi connectivity index (χ1n) is 9.77. The fourth-order valence-electron chi connectivity index (χ4n) is 4.47. The number of anilines is 1. The largest absolute Gasteiger partial charge is 0.443 e. The van der Waals surface area contributed by atoms with Gasteiger partial charge in [0.2, 0.25) is 0 Å².